The van der Waals surface area contributed by atoms with Gasteiger partial charge < -0.3 is 14.8 Å². The Labute approximate surface area is 118 Å². The highest BCUT2D eigenvalue weighted by molar-refractivity contribution is 7.90. The molecule has 0 radical (unpaired) electrons. The van der Waals surface area contributed by atoms with E-state index in [0.717, 1.165) is 5.56 Å². The SMILES string of the molecule is COc1ccc(CNCCS(C)(=O)=O)c(Cl)c1OC. The van der Waals surface area contributed by atoms with Crippen LogP contribution < -0.4 is 14.8 Å². The van der Waals surface area contributed by atoms with Crippen LogP contribution in [0.3, 0.4) is 0 Å². The first kappa shape index (κ1) is 16.1. The van der Waals surface area contributed by atoms with Gasteiger partial charge in [-0.2, -0.15) is 0 Å². The molecule has 0 amide bonds. The molecule has 0 aromatic heterocycles. The van der Waals surface area contributed by atoms with Crippen LogP contribution in [-0.4, -0.2) is 41.2 Å². The lowest BCUT2D eigenvalue weighted by atomic mass is 10.2. The molecule has 0 fully saturated rings. The average Bonchev–Trinajstić information content (AvgIpc) is 2.34. The fourth-order valence-corrected chi connectivity index (χ4v) is 2.36. The Kier molecular flexibility index (Phi) is 5.90. The summed E-state index contributed by atoms with van der Waals surface area (Å²) in [5.74, 6) is 1.14. The maximum absolute atomic E-state index is 11.0. The maximum Gasteiger partial charge on any atom is 0.179 e. The molecule has 0 atom stereocenters. The van der Waals surface area contributed by atoms with Crippen LogP contribution >= 0.6 is 11.6 Å². The third-order valence-electron chi connectivity index (χ3n) is 2.53. The summed E-state index contributed by atoms with van der Waals surface area (Å²) in [5.41, 5.74) is 0.827. The van der Waals surface area contributed by atoms with E-state index in [4.69, 9.17) is 21.1 Å². The van der Waals surface area contributed by atoms with Gasteiger partial charge in [0.2, 0.25) is 0 Å². The summed E-state index contributed by atoms with van der Waals surface area (Å²) in [7, 11) is 0.106. The first-order valence-corrected chi connectivity index (χ1v) is 8.10. The molecular formula is C12H18ClNO4S. The van der Waals surface area contributed by atoms with Crippen LogP contribution in [0.2, 0.25) is 5.02 Å². The molecule has 0 aliphatic rings. The van der Waals surface area contributed by atoms with E-state index in [9.17, 15) is 8.42 Å². The fraction of sp³-hybridized carbons (Fsp3) is 0.500. The number of hydrogen-bond donors (Lipinski definition) is 1. The third-order valence-corrected chi connectivity index (χ3v) is 3.89. The first-order chi connectivity index (χ1) is 8.89. The predicted molar refractivity (Wildman–Crippen MR) is 76.0 cm³/mol. The van der Waals surface area contributed by atoms with Crippen molar-refractivity contribution in [3.8, 4) is 11.5 Å². The van der Waals surface area contributed by atoms with Crippen molar-refractivity contribution in [3.63, 3.8) is 0 Å². The Balaban J connectivity index is 2.69. The highest BCUT2D eigenvalue weighted by Gasteiger charge is 2.12. The second-order valence-corrected chi connectivity index (χ2v) is 6.72. The normalized spacial score (nSPS) is 11.4. The Hall–Kier alpha value is -0.980. The second-order valence-electron chi connectivity index (χ2n) is 4.08. The quantitative estimate of drug-likeness (QED) is 0.773. The van der Waals surface area contributed by atoms with E-state index in [1.807, 2.05) is 6.07 Å². The van der Waals surface area contributed by atoms with Gasteiger partial charge in [-0.3, -0.25) is 0 Å². The zero-order valence-corrected chi connectivity index (χ0v) is 12.8. The number of sulfone groups is 1. The minimum Gasteiger partial charge on any atom is -0.493 e. The number of hydrogen-bond acceptors (Lipinski definition) is 5. The summed E-state index contributed by atoms with van der Waals surface area (Å²) in [5, 5.41) is 3.49. The summed E-state index contributed by atoms with van der Waals surface area (Å²) in [6, 6.07) is 3.58. The van der Waals surface area contributed by atoms with Crippen LogP contribution in [0.15, 0.2) is 12.1 Å². The molecule has 19 heavy (non-hydrogen) atoms. The van der Waals surface area contributed by atoms with Crippen LogP contribution in [0.4, 0.5) is 0 Å². The Morgan fingerprint density at radius 1 is 1.26 bits per heavy atom. The van der Waals surface area contributed by atoms with Gasteiger partial charge in [0.1, 0.15) is 9.84 Å². The van der Waals surface area contributed by atoms with Gasteiger partial charge in [0.15, 0.2) is 11.5 Å². The van der Waals surface area contributed by atoms with E-state index in [1.165, 1.54) is 20.5 Å². The van der Waals surface area contributed by atoms with Crippen molar-refractivity contribution in [2.45, 2.75) is 6.54 Å². The summed E-state index contributed by atoms with van der Waals surface area (Å²) in [6.45, 7) is 0.845. The molecular weight excluding hydrogens is 290 g/mol. The highest BCUT2D eigenvalue weighted by Crippen LogP contribution is 2.37. The average molecular weight is 308 g/mol. The molecule has 1 aromatic rings. The Morgan fingerprint density at radius 3 is 2.47 bits per heavy atom. The molecule has 7 heteroatoms. The molecule has 1 rings (SSSR count). The summed E-state index contributed by atoms with van der Waals surface area (Å²) >= 11 is 6.20. The molecule has 108 valence electrons. The van der Waals surface area contributed by atoms with Crippen LogP contribution in [0.5, 0.6) is 11.5 Å². The predicted octanol–water partition coefficient (Wildman–Crippen LogP) is 1.49. The minimum absolute atomic E-state index is 0.0951. The Bertz CT molecular complexity index is 531. The molecule has 1 N–H and O–H groups in total. The van der Waals surface area contributed by atoms with Crippen LogP contribution in [-0.2, 0) is 16.4 Å². The van der Waals surface area contributed by atoms with E-state index >= 15 is 0 Å². The molecule has 0 unspecified atom stereocenters. The van der Waals surface area contributed by atoms with E-state index in [2.05, 4.69) is 5.32 Å². The molecule has 1 aromatic carbocycles. The maximum atomic E-state index is 11.0. The lowest BCUT2D eigenvalue weighted by Crippen LogP contribution is -2.22. The number of nitrogens with one attached hydrogen (secondary N) is 1. The number of ether oxygens (including phenoxy) is 2. The van der Waals surface area contributed by atoms with Gasteiger partial charge in [0.25, 0.3) is 0 Å². The third kappa shape index (κ3) is 4.89. The Morgan fingerprint density at radius 2 is 1.95 bits per heavy atom. The lowest BCUT2D eigenvalue weighted by Gasteiger charge is -2.13. The van der Waals surface area contributed by atoms with Crippen molar-refractivity contribution in [3.05, 3.63) is 22.7 Å². The van der Waals surface area contributed by atoms with Gasteiger partial charge in [-0.1, -0.05) is 17.7 Å². The molecule has 0 aliphatic carbocycles. The molecule has 0 heterocycles. The van der Waals surface area contributed by atoms with Gasteiger partial charge in [0.05, 0.1) is 25.0 Å². The van der Waals surface area contributed by atoms with E-state index in [0.29, 0.717) is 29.6 Å². The standard InChI is InChI=1S/C12H18ClNO4S/c1-17-10-5-4-9(11(13)12(10)18-2)8-14-6-7-19(3,15)16/h4-5,14H,6-8H2,1-3H3. The fourth-order valence-electron chi connectivity index (χ4n) is 1.55. The van der Waals surface area contributed by atoms with Crippen molar-refractivity contribution in [2.75, 3.05) is 32.8 Å². The van der Waals surface area contributed by atoms with Gasteiger partial charge >= 0.3 is 0 Å². The van der Waals surface area contributed by atoms with Crippen LogP contribution in [0.25, 0.3) is 0 Å². The molecule has 0 spiro atoms. The monoisotopic (exact) mass is 307 g/mol. The van der Waals surface area contributed by atoms with Crippen molar-refractivity contribution in [2.24, 2.45) is 0 Å². The molecule has 5 nitrogen and oxygen atoms in total. The number of methoxy groups -OCH3 is 2. The van der Waals surface area contributed by atoms with Gasteiger partial charge in [-0.05, 0) is 11.6 Å². The first-order valence-electron chi connectivity index (χ1n) is 5.67. The topological polar surface area (TPSA) is 64.6 Å². The zero-order valence-electron chi connectivity index (χ0n) is 11.2. The number of halogens is 1. The van der Waals surface area contributed by atoms with Gasteiger partial charge in [0, 0.05) is 19.3 Å². The smallest absolute Gasteiger partial charge is 0.179 e. The molecule has 0 saturated heterocycles. The van der Waals surface area contributed by atoms with E-state index in [1.54, 1.807) is 6.07 Å². The van der Waals surface area contributed by atoms with Crippen LogP contribution in [0.1, 0.15) is 5.56 Å². The van der Waals surface area contributed by atoms with E-state index in [-0.39, 0.29) is 5.75 Å². The summed E-state index contributed by atoms with van der Waals surface area (Å²) in [6.07, 6.45) is 1.21. The van der Waals surface area contributed by atoms with Crippen molar-refractivity contribution >= 4 is 21.4 Å². The second kappa shape index (κ2) is 6.98. The summed E-state index contributed by atoms with van der Waals surface area (Å²) < 4.78 is 32.3. The number of benzene rings is 1. The van der Waals surface area contributed by atoms with Crippen molar-refractivity contribution < 1.29 is 17.9 Å². The van der Waals surface area contributed by atoms with Crippen LogP contribution in [0, 0.1) is 0 Å². The molecule has 0 aliphatic heterocycles. The van der Waals surface area contributed by atoms with Crippen molar-refractivity contribution in [1.29, 1.82) is 0 Å². The number of rotatable bonds is 7. The van der Waals surface area contributed by atoms with Gasteiger partial charge in [-0.15, -0.1) is 0 Å². The minimum atomic E-state index is -2.95. The molecule has 0 bridgehead atoms. The zero-order chi connectivity index (χ0) is 14.5. The highest BCUT2D eigenvalue weighted by atomic mass is 35.5. The largest absolute Gasteiger partial charge is 0.493 e. The summed E-state index contributed by atoms with van der Waals surface area (Å²) in [4.78, 5) is 0. The molecule has 0 saturated carbocycles. The lowest BCUT2D eigenvalue weighted by molar-refractivity contribution is 0.354. The van der Waals surface area contributed by atoms with Gasteiger partial charge in [-0.25, -0.2) is 8.42 Å². The van der Waals surface area contributed by atoms with Crippen molar-refractivity contribution in [1.82, 2.24) is 5.32 Å². The van der Waals surface area contributed by atoms with E-state index < -0.39 is 9.84 Å².